The van der Waals surface area contributed by atoms with Crippen LogP contribution in [0.4, 0.5) is 18.9 Å². The molecule has 1 atom stereocenters. The summed E-state index contributed by atoms with van der Waals surface area (Å²) in [6.07, 6.45) is -3.63. The molecule has 1 aromatic carbocycles. The Morgan fingerprint density at radius 1 is 1.29 bits per heavy atom. The molecule has 0 spiro atoms. The van der Waals surface area contributed by atoms with E-state index in [1.807, 2.05) is 6.92 Å². The Labute approximate surface area is 97.8 Å². The van der Waals surface area contributed by atoms with Gasteiger partial charge in [-0.3, -0.25) is 0 Å². The molecule has 1 fully saturated rings. The van der Waals surface area contributed by atoms with Crippen LogP contribution in [0.15, 0.2) is 24.3 Å². The van der Waals surface area contributed by atoms with Crippen molar-refractivity contribution < 1.29 is 17.9 Å². The van der Waals surface area contributed by atoms with Crippen LogP contribution in [0.1, 0.15) is 18.9 Å². The SMILES string of the molecule is CC1(Nc2ccccc2C(F)(F)F)CCOC1. The second kappa shape index (κ2) is 4.22. The van der Waals surface area contributed by atoms with Gasteiger partial charge in [-0.15, -0.1) is 0 Å². The molecular weight excluding hydrogens is 231 g/mol. The van der Waals surface area contributed by atoms with Crippen LogP contribution < -0.4 is 5.32 Å². The molecule has 1 unspecified atom stereocenters. The van der Waals surface area contributed by atoms with Crippen LogP contribution >= 0.6 is 0 Å². The highest BCUT2D eigenvalue weighted by molar-refractivity contribution is 5.54. The van der Waals surface area contributed by atoms with Crippen molar-refractivity contribution in [1.82, 2.24) is 0 Å². The van der Waals surface area contributed by atoms with Gasteiger partial charge in [-0.05, 0) is 25.5 Å². The van der Waals surface area contributed by atoms with Gasteiger partial charge in [-0.1, -0.05) is 12.1 Å². The van der Waals surface area contributed by atoms with Crippen LogP contribution in [0.5, 0.6) is 0 Å². The largest absolute Gasteiger partial charge is 0.418 e. The number of halogens is 3. The molecule has 0 radical (unpaired) electrons. The number of para-hydroxylation sites is 1. The minimum atomic E-state index is -4.33. The lowest BCUT2D eigenvalue weighted by molar-refractivity contribution is -0.137. The maximum atomic E-state index is 12.8. The topological polar surface area (TPSA) is 21.3 Å². The van der Waals surface area contributed by atoms with Gasteiger partial charge in [0, 0.05) is 12.3 Å². The van der Waals surface area contributed by atoms with Gasteiger partial charge in [0.05, 0.1) is 17.7 Å². The second-order valence-electron chi connectivity index (χ2n) is 4.53. The van der Waals surface area contributed by atoms with Crippen LogP contribution in [0.3, 0.4) is 0 Å². The summed E-state index contributed by atoms with van der Waals surface area (Å²) in [5.74, 6) is 0. The van der Waals surface area contributed by atoms with Crippen molar-refractivity contribution >= 4 is 5.69 Å². The van der Waals surface area contributed by atoms with E-state index >= 15 is 0 Å². The standard InChI is InChI=1S/C12H14F3NO/c1-11(6-7-17-8-11)16-10-5-3-2-4-9(10)12(13,14)15/h2-5,16H,6-8H2,1H3. The van der Waals surface area contributed by atoms with Gasteiger partial charge >= 0.3 is 6.18 Å². The van der Waals surface area contributed by atoms with E-state index in [-0.39, 0.29) is 5.69 Å². The Morgan fingerprint density at radius 2 is 2.00 bits per heavy atom. The average molecular weight is 245 g/mol. The zero-order valence-corrected chi connectivity index (χ0v) is 9.47. The van der Waals surface area contributed by atoms with Gasteiger partial charge in [0.1, 0.15) is 0 Å². The second-order valence-corrected chi connectivity index (χ2v) is 4.53. The van der Waals surface area contributed by atoms with Crippen molar-refractivity contribution in [3.63, 3.8) is 0 Å². The fourth-order valence-electron chi connectivity index (χ4n) is 1.93. The predicted octanol–water partition coefficient (Wildman–Crippen LogP) is 3.30. The van der Waals surface area contributed by atoms with Crippen molar-refractivity contribution in [2.75, 3.05) is 18.5 Å². The van der Waals surface area contributed by atoms with Crippen molar-refractivity contribution in [2.45, 2.75) is 25.1 Å². The first-order valence-electron chi connectivity index (χ1n) is 5.43. The molecule has 1 heterocycles. The number of anilines is 1. The van der Waals surface area contributed by atoms with Crippen LogP contribution in [0, 0.1) is 0 Å². The number of ether oxygens (including phenoxy) is 1. The van der Waals surface area contributed by atoms with Gasteiger partial charge in [0.2, 0.25) is 0 Å². The van der Waals surface area contributed by atoms with Crippen molar-refractivity contribution in [3.8, 4) is 0 Å². The molecule has 1 aliphatic rings. The lowest BCUT2D eigenvalue weighted by atomic mass is 10.0. The third kappa shape index (κ3) is 2.72. The summed E-state index contributed by atoms with van der Waals surface area (Å²) in [5, 5.41) is 2.95. The number of hydrogen-bond acceptors (Lipinski definition) is 2. The van der Waals surface area contributed by atoms with E-state index < -0.39 is 17.3 Å². The van der Waals surface area contributed by atoms with E-state index in [1.165, 1.54) is 12.1 Å². The molecule has 1 N–H and O–H groups in total. The molecule has 0 saturated carbocycles. The maximum Gasteiger partial charge on any atom is 0.418 e. The number of rotatable bonds is 2. The van der Waals surface area contributed by atoms with Gasteiger partial charge in [0.25, 0.3) is 0 Å². The first-order chi connectivity index (χ1) is 7.91. The fraction of sp³-hybridized carbons (Fsp3) is 0.500. The van der Waals surface area contributed by atoms with Crippen molar-refractivity contribution in [3.05, 3.63) is 29.8 Å². The van der Waals surface area contributed by atoms with Crippen LogP contribution in [0.25, 0.3) is 0 Å². The molecule has 2 nitrogen and oxygen atoms in total. The Bertz CT molecular complexity index is 397. The molecule has 1 aromatic rings. The Morgan fingerprint density at radius 3 is 2.59 bits per heavy atom. The van der Waals surface area contributed by atoms with Crippen LogP contribution in [0.2, 0.25) is 0 Å². The summed E-state index contributed by atoms with van der Waals surface area (Å²) < 4.78 is 43.5. The van der Waals surface area contributed by atoms with E-state index in [9.17, 15) is 13.2 Å². The lowest BCUT2D eigenvalue weighted by Crippen LogP contribution is -2.35. The first-order valence-corrected chi connectivity index (χ1v) is 5.43. The molecule has 1 aliphatic heterocycles. The first kappa shape index (κ1) is 12.2. The average Bonchev–Trinajstić information content (AvgIpc) is 2.64. The molecule has 0 aliphatic carbocycles. The third-order valence-electron chi connectivity index (χ3n) is 2.89. The van der Waals surface area contributed by atoms with Crippen molar-refractivity contribution in [2.24, 2.45) is 0 Å². The minimum Gasteiger partial charge on any atom is -0.379 e. The Kier molecular flexibility index (Phi) is 3.03. The highest BCUT2D eigenvalue weighted by Crippen LogP contribution is 2.36. The highest BCUT2D eigenvalue weighted by Gasteiger charge is 2.36. The van der Waals surface area contributed by atoms with E-state index in [2.05, 4.69) is 5.32 Å². The number of nitrogens with one attached hydrogen (secondary N) is 1. The maximum absolute atomic E-state index is 12.8. The quantitative estimate of drug-likeness (QED) is 0.863. The number of benzene rings is 1. The highest BCUT2D eigenvalue weighted by atomic mass is 19.4. The van der Waals surface area contributed by atoms with Gasteiger partial charge in [0.15, 0.2) is 0 Å². The lowest BCUT2D eigenvalue weighted by Gasteiger charge is -2.27. The van der Waals surface area contributed by atoms with Gasteiger partial charge in [-0.25, -0.2) is 0 Å². The smallest absolute Gasteiger partial charge is 0.379 e. The zero-order chi connectivity index (χ0) is 12.5. The molecule has 1 saturated heterocycles. The predicted molar refractivity (Wildman–Crippen MR) is 58.9 cm³/mol. The van der Waals surface area contributed by atoms with Crippen LogP contribution in [-0.4, -0.2) is 18.8 Å². The summed E-state index contributed by atoms with van der Waals surface area (Å²) in [6.45, 7) is 2.88. The number of alkyl halides is 3. The number of hydrogen-bond donors (Lipinski definition) is 1. The molecule has 5 heteroatoms. The summed E-state index contributed by atoms with van der Waals surface area (Å²) in [6, 6.07) is 5.52. The zero-order valence-electron chi connectivity index (χ0n) is 9.47. The fourth-order valence-corrected chi connectivity index (χ4v) is 1.93. The summed E-state index contributed by atoms with van der Waals surface area (Å²) in [4.78, 5) is 0. The van der Waals surface area contributed by atoms with E-state index in [1.54, 1.807) is 6.07 Å². The van der Waals surface area contributed by atoms with E-state index in [0.29, 0.717) is 19.6 Å². The summed E-state index contributed by atoms with van der Waals surface area (Å²) >= 11 is 0. The van der Waals surface area contributed by atoms with E-state index in [0.717, 1.165) is 6.07 Å². The molecule has 0 amide bonds. The Balaban J connectivity index is 2.26. The molecule has 94 valence electrons. The van der Waals surface area contributed by atoms with Crippen LogP contribution in [-0.2, 0) is 10.9 Å². The third-order valence-corrected chi connectivity index (χ3v) is 2.89. The molecule has 0 aromatic heterocycles. The van der Waals surface area contributed by atoms with Gasteiger partial charge < -0.3 is 10.1 Å². The summed E-state index contributed by atoms with van der Waals surface area (Å²) in [5.41, 5.74) is -0.928. The molecule has 0 bridgehead atoms. The van der Waals surface area contributed by atoms with E-state index in [4.69, 9.17) is 4.74 Å². The minimum absolute atomic E-state index is 0.119. The van der Waals surface area contributed by atoms with Crippen molar-refractivity contribution in [1.29, 1.82) is 0 Å². The summed E-state index contributed by atoms with van der Waals surface area (Å²) in [7, 11) is 0. The molecule has 17 heavy (non-hydrogen) atoms. The Hall–Kier alpha value is -1.23. The monoisotopic (exact) mass is 245 g/mol. The molecular formula is C12H14F3NO. The van der Waals surface area contributed by atoms with Gasteiger partial charge in [-0.2, -0.15) is 13.2 Å². The molecule has 2 rings (SSSR count). The normalized spacial score (nSPS) is 24.9.